The Balaban J connectivity index is 1.78. The summed E-state index contributed by atoms with van der Waals surface area (Å²) in [4.78, 5) is 3.98. The highest BCUT2D eigenvalue weighted by atomic mass is 15.5. The van der Waals surface area contributed by atoms with E-state index in [4.69, 9.17) is 0 Å². The topological polar surface area (TPSA) is 67.3 Å². The van der Waals surface area contributed by atoms with Crippen LogP contribution in [-0.2, 0) is 0 Å². The van der Waals surface area contributed by atoms with Gasteiger partial charge in [0.2, 0.25) is 5.82 Å². The Hall–Kier alpha value is -2.82. The average Bonchev–Trinajstić information content (AvgIpc) is 3.01. The number of nitrogens with one attached hydrogen (secondary N) is 1. The molecular weight excluding hydrogens is 238 g/mol. The Morgan fingerprint density at radius 2 is 1.53 bits per heavy atom. The highest BCUT2D eigenvalue weighted by Crippen LogP contribution is 2.15. The van der Waals surface area contributed by atoms with Crippen LogP contribution in [-0.4, -0.2) is 25.6 Å². The van der Waals surface area contributed by atoms with Crippen LogP contribution in [0.2, 0.25) is 0 Å². The largest absolute Gasteiger partial charge is 0.265 e. The van der Waals surface area contributed by atoms with E-state index < -0.39 is 0 Å². The minimum Gasteiger partial charge on any atom is -0.265 e. The van der Waals surface area contributed by atoms with Crippen molar-refractivity contribution in [1.29, 1.82) is 0 Å². The lowest BCUT2D eigenvalue weighted by atomic mass is 10.1. The number of rotatable bonds is 3. The number of aromatic amines is 1. The molecule has 0 saturated carbocycles. The first kappa shape index (κ1) is 11.3. The molecule has 0 spiro atoms. The van der Waals surface area contributed by atoms with Gasteiger partial charge in [0.25, 0.3) is 0 Å². The molecule has 1 N–H and O–H groups in total. The first-order valence-corrected chi connectivity index (χ1v) is 5.84. The van der Waals surface area contributed by atoms with Crippen LogP contribution >= 0.6 is 0 Å². The zero-order chi connectivity index (χ0) is 12.9. The second-order valence-electron chi connectivity index (χ2n) is 3.97. The van der Waals surface area contributed by atoms with Crippen molar-refractivity contribution in [3.8, 4) is 11.4 Å². The first-order valence-electron chi connectivity index (χ1n) is 5.84. The van der Waals surface area contributed by atoms with E-state index in [1.165, 1.54) is 0 Å². The summed E-state index contributed by atoms with van der Waals surface area (Å²) in [6.45, 7) is 0. The Kier molecular flexibility index (Phi) is 3.10. The number of hydrogen-bond donors (Lipinski definition) is 1. The summed E-state index contributed by atoms with van der Waals surface area (Å²) in [6.07, 6.45) is 7.65. The van der Waals surface area contributed by atoms with Crippen molar-refractivity contribution in [2.75, 3.05) is 0 Å². The van der Waals surface area contributed by atoms with Crippen molar-refractivity contribution in [2.24, 2.45) is 0 Å². The van der Waals surface area contributed by atoms with E-state index in [0.717, 1.165) is 16.7 Å². The third-order valence-electron chi connectivity index (χ3n) is 2.69. The number of pyridine rings is 1. The summed E-state index contributed by atoms with van der Waals surface area (Å²) in [5.41, 5.74) is 3.18. The number of aromatic nitrogens is 5. The fourth-order valence-corrected chi connectivity index (χ4v) is 1.69. The van der Waals surface area contributed by atoms with Crippen molar-refractivity contribution < 1.29 is 0 Å². The van der Waals surface area contributed by atoms with Gasteiger partial charge in [0, 0.05) is 18.0 Å². The van der Waals surface area contributed by atoms with E-state index in [9.17, 15) is 0 Å². The highest BCUT2D eigenvalue weighted by molar-refractivity contribution is 5.70. The first-order chi connectivity index (χ1) is 9.42. The molecule has 3 aromatic rings. The van der Waals surface area contributed by atoms with Gasteiger partial charge in [0.15, 0.2) is 0 Å². The zero-order valence-electron chi connectivity index (χ0n) is 10.1. The Bertz CT molecular complexity index is 657. The minimum absolute atomic E-state index is 0.602. The molecule has 0 aliphatic carbocycles. The summed E-state index contributed by atoms with van der Waals surface area (Å²) in [5.74, 6) is 0.602. The summed E-state index contributed by atoms with van der Waals surface area (Å²) in [6, 6.07) is 11.9. The summed E-state index contributed by atoms with van der Waals surface area (Å²) in [5, 5.41) is 13.9. The molecule has 0 saturated heterocycles. The maximum Gasteiger partial charge on any atom is 0.204 e. The van der Waals surface area contributed by atoms with Crippen LogP contribution in [0.5, 0.6) is 0 Å². The Labute approximate surface area is 110 Å². The predicted molar refractivity (Wildman–Crippen MR) is 72.8 cm³/mol. The maximum atomic E-state index is 3.98. The second kappa shape index (κ2) is 5.22. The molecule has 0 radical (unpaired) electrons. The van der Waals surface area contributed by atoms with Gasteiger partial charge < -0.3 is 0 Å². The van der Waals surface area contributed by atoms with E-state index in [0.29, 0.717) is 5.82 Å². The van der Waals surface area contributed by atoms with Gasteiger partial charge in [0.05, 0.1) is 0 Å². The molecule has 2 aromatic heterocycles. The molecule has 5 heteroatoms. The average molecular weight is 249 g/mol. The third kappa shape index (κ3) is 2.71. The van der Waals surface area contributed by atoms with Gasteiger partial charge in [-0.15, -0.1) is 10.2 Å². The minimum atomic E-state index is 0.602. The fraction of sp³-hybridized carbons (Fsp3) is 0. The van der Waals surface area contributed by atoms with E-state index >= 15 is 0 Å². The molecule has 0 aliphatic rings. The van der Waals surface area contributed by atoms with E-state index in [-0.39, 0.29) is 0 Å². The van der Waals surface area contributed by atoms with Crippen molar-refractivity contribution in [1.82, 2.24) is 25.6 Å². The standard InChI is InChI=1S/C14H11N5/c1(2-12-7-9-15-10-8-12)11-3-5-13(6-4-11)14-16-18-19-17-14/h1-10H,(H,16,17,18,19)/b2-1+. The smallest absolute Gasteiger partial charge is 0.204 e. The van der Waals surface area contributed by atoms with Crippen LogP contribution in [0, 0.1) is 0 Å². The molecular formula is C14H11N5. The molecule has 0 fully saturated rings. The van der Waals surface area contributed by atoms with Gasteiger partial charge >= 0.3 is 0 Å². The van der Waals surface area contributed by atoms with Gasteiger partial charge in [-0.05, 0) is 28.5 Å². The lowest BCUT2D eigenvalue weighted by Gasteiger charge is -1.96. The van der Waals surface area contributed by atoms with Crippen LogP contribution in [0.3, 0.4) is 0 Å². The quantitative estimate of drug-likeness (QED) is 0.774. The molecule has 0 atom stereocenters. The molecule has 92 valence electrons. The van der Waals surface area contributed by atoms with Crippen molar-refractivity contribution in [3.63, 3.8) is 0 Å². The van der Waals surface area contributed by atoms with E-state index in [2.05, 4.69) is 31.7 Å². The number of benzene rings is 1. The highest BCUT2D eigenvalue weighted by Gasteiger charge is 2.00. The predicted octanol–water partition coefficient (Wildman–Crippen LogP) is 2.43. The molecule has 0 unspecified atom stereocenters. The van der Waals surface area contributed by atoms with Gasteiger partial charge in [-0.3, -0.25) is 4.98 Å². The monoisotopic (exact) mass is 249 g/mol. The lowest BCUT2D eigenvalue weighted by molar-refractivity contribution is 0.881. The second-order valence-corrected chi connectivity index (χ2v) is 3.97. The number of nitrogens with zero attached hydrogens (tertiary/aromatic N) is 4. The van der Waals surface area contributed by atoms with Gasteiger partial charge in [-0.25, -0.2) is 0 Å². The van der Waals surface area contributed by atoms with Crippen LogP contribution in [0.4, 0.5) is 0 Å². The Morgan fingerprint density at radius 3 is 2.16 bits per heavy atom. The van der Waals surface area contributed by atoms with Crippen LogP contribution in [0.25, 0.3) is 23.5 Å². The van der Waals surface area contributed by atoms with Crippen LogP contribution in [0.1, 0.15) is 11.1 Å². The fourth-order valence-electron chi connectivity index (χ4n) is 1.69. The third-order valence-corrected chi connectivity index (χ3v) is 2.69. The zero-order valence-corrected chi connectivity index (χ0v) is 10.1. The van der Waals surface area contributed by atoms with Crippen molar-refractivity contribution in [3.05, 3.63) is 59.9 Å². The Morgan fingerprint density at radius 1 is 0.842 bits per heavy atom. The number of tetrazole rings is 1. The molecule has 5 nitrogen and oxygen atoms in total. The molecule has 3 rings (SSSR count). The SMILES string of the molecule is C(=C\c1ccc(-c2nn[nH]n2)cc1)/c1ccncc1. The van der Waals surface area contributed by atoms with Crippen LogP contribution in [0.15, 0.2) is 48.8 Å². The van der Waals surface area contributed by atoms with E-state index in [1.807, 2.05) is 42.5 Å². The van der Waals surface area contributed by atoms with Gasteiger partial charge in [-0.2, -0.15) is 5.21 Å². The number of H-pyrrole nitrogens is 1. The van der Waals surface area contributed by atoms with E-state index in [1.54, 1.807) is 12.4 Å². The molecule has 2 heterocycles. The molecule has 19 heavy (non-hydrogen) atoms. The van der Waals surface area contributed by atoms with Crippen molar-refractivity contribution >= 4 is 12.2 Å². The van der Waals surface area contributed by atoms with Gasteiger partial charge in [-0.1, -0.05) is 36.4 Å². The molecule has 0 aliphatic heterocycles. The molecule has 1 aromatic carbocycles. The summed E-state index contributed by atoms with van der Waals surface area (Å²) >= 11 is 0. The lowest BCUT2D eigenvalue weighted by Crippen LogP contribution is -1.81. The van der Waals surface area contributed by atoms with Crippen molar-refractivity contribution in [2.45, 2.75) is 0 Å². The van der Waals surface area contributed by atoms with Crippen LogP contribution < -0.4 is 0 Å². The normalized spacial score (nSPS) is 10.9. The summed E-state index contributed by atoms with van der Waals surface area (Å²) < 4.78 is 0. The maximum absolute atomic E-state index is 3.98. The number of hydrogen-bond acceptors (Lipinski definition) is 4. The molecule has 0 amide bonds. The van der Waals surface area contributed by atoms with Gasteiger partial charge in [0.1, 0.15) is 0 Å². The summed E-state index contributed by atoms with van der Waals surface area (Å²) in [7, 11) is 0. The molecule has 0 bridgehead atoms.